The Balaban J connectivity index is 1.69. The number of anilines is 3. The Labute approximate surface area is 231 Å². The summed E-state index contributed by atoms with van der Waals surface area (Å²) in [6.07, 6.45) is 10.0. The first kappa shape index (κ1) is 25.8. The van der Waals surface area contributed by atoms with Gasteiger partial charge in [0.05, 0.1) is 0 Å². The molecule has 0 heterocycles. The molecule has 0 saturated carbocycles. The van der Waals surface area contributed by atoms with Gasteiger partial charge in [0.1, 0.15) is 0 Å². The third-order valence-corrected chi connectivity index (χ3v) is 8.50. The molecule has 0 saturated heterocycles. The maximum atomic E-state index is 3.82. The highest BCUT2D eigenvalue weighted by atomic mass is 79.9. The van der Waals surface area contributed by atoms with Gasteiger partial charge in [0.15, 0.2) is 0 Å². The number of hydrogen-bond donors (Lipinski definition) is 0. The van der Waals surface area contributed by atoms with Gasteiger partial charge in [0, 0.05) is 26.9 Å². The number of halogens is 1. The van der Waals surface area contributed by atoms with Gasteiger partial charge in [0.25, 0.3) is 0 Å². The van der Waals surface area contributed by atoms with E-state index in [1.54, 1.807) is 0 Å². The average molecular weight is 553 g/mol. The Bertz CT molecular complexity index is 1260. The van der Waals surface area contributed by atoms with Crippen LogP contribution in [0, 0.1) is 0 Å². The maximum absolute atomic E-state index is 3.82. The Morgan fingerprint density at radius 3 is 1.62 bits per heavy atom. The quantitative estimate of drug-likeness (QED) is 0.167. The van der Waals surface area contributed by atoms with Crippen LogP contribution in [0.25, 0.3) is 11.1 Å². The van der Waals surface area contributed by atoms with Gasteiger partial charge in [-0.2, -0.15) is 0 Å². The molecule has 4 aromatic carbocycles. The number of rotatable bonds is 11. The van der Waals surface area contributed by atoms with Crippen molar-refractivity contribution in [2.75, 3.05) is 4.90 Å². The molecule has 0 aliphatic heterocycles. The van der Waals surface area contributed by atoms with Crippen LogP contribution < -0.4 is 4.90 Å². The molecule has 0 fully saturated rings. The lowest BCUT2D eigenvalue weighted by Gasteiger charge is -2.34. The number of benzene rings is 4. The minimum atomic E-state index is 0.0633. The summed E-state index contributed by atoms with van der Waals surface area (Å²) in [5.74, 6) is 0. The summed E-state index contributed by atoms with van der Waals surface area (Å²) >= 11 is 3.82. The van der Waals surface area contributed by atoms with Crippen LogP contribution in [0.5, 0.6) is 0 Å². The van der Waals surface area contributed by atoms with Gasteiger partial charge >= 0.3 is 0 Å². The van der Waals surface area contributed by atoms with Crippen LogP contribution in [-0.2, 0) is 5.41 Å². The van der Waals surface area contributed by atoms with Crippen molar-refractivity contribution in [1.29, 1.82) is 0 Å². The second kappa shape index (κ2) is 11.7. The van der Waals surface area contributed by atoms with Gasteiger partial charge in [-0.1, -0.05) is 117 Å². The second-order valence-corrected chi connectivity index (χ2v) is 11.3. The molecule has 190 valence electrons. The van der Waals surface area contributed by atoms with E-state index in [9.17, 15) is 0 Å². The van der Waals surface area contributed by atoms with Crippen molar-refractivity contribution >= 4 is 33.0 Å². The lowest BCUT2D eigenvalue weighted by Crippen LogP contribution is -2.26. The van der Waals surface area contributed by atoms with Crippen LogP contribution in [0.15, 0.2) is 102 Å². The van der Waals surface area contributed by atoms with E-state index in [2.05, 4.69) is 132 Å². The summed E-state index contributed by atoms with van der Waals surface area (Å²) in [5, 5.41) is 0. The lowest BCUT2D eigenvalue weighted by molar-refractivity contribution is 0.405. The summed E-state index contributed by atoms with van der Waals surface area (Å²) in [4.78, 5) is 2.40. The first-order valence-electron chi connectivity index (χ1n) is 14.0. The fourth-order valence-electron chi connectivity index (χ4n) is 6.21. The molecule has 1 aliphatic carbocycles. The Morgan fingerprint density at radius 1 is 0.568 bits per heavy atom. The van der Waals surface area contributed by atoms with Crippen LogP contribution in [0.3, 0.4) is 0 Å². The van der Waals surface area contributed by atoms with E-state index in [0.717, 1.165) is 0 Å². The number of hydrogen-bond acceptors (Lipinski definition) is 1. The molecule has 4 aromatic rings. The van der Waals surface area contributed by atoms with Crippen molar-refractivity contribution in [1.82, 2.24) is 0 Å². The first-order valence-corrected chi connectivity index (χ1v) is 14.8. The minimum Gasteiger partial charge on any atom is -0.310 e. The Kier molecular flexibility index (Phi) is 8.15. The zero-order valence-electron chi connectivity index (χ0n) is 22.2. The van der Waals surface area contributed by atoms with E-state index < -0.39 is 0 Å². The molecular weight excluding hydrogens is 514 g/mol. The number of para-hydroxylation sites is 2. The van der Waals surface area contributed by atoms with Crippen LogP contribution in [0.1, 0.15) is 76.3 Å². The van der Waals surface area contributed by atoms with Crippen molar-refractivity contribution in [3.63, 3.8) is 0 Å². The van der Waals surface area contributed by atoms with E-state index in [0.29, 0.717) is 0 Å². The van der Waals surface area contributed by atoms with Crippen molar-refractivity contribution in [3.8, 4) is 11.1 Å². The smallest absolute Gasteiger partial charge is 0.0465 e. The van der Waals surface area contributed by atoms with Gasteiger partial charge in [-0.05, 0) is 83.6 Å². The topological polar surface area (TPSA) is 3.24 Å². The van der Waals surface area contributed by atoms with Crippen molar-refractivity contribution in [2.24, 2.45) is 0 Å². The zero-order chi connectivity index (χ0) is 25.7. The molecule has 0 atom stereocenters. The molecule has 1 nitrogen and oxygen atoms in total. The molecule has 0 aromatic heterocycles. The van der Waals surface area contributed by atoms with Gasteiger partial charge < -0.3 is 4.90 Å². The van der Waals surface area contributed by atoms with E-state index >= 15 is 0 Å². The molecule has 5 rings (SSSR count). The van der Waals surface area contributed by atoms with Gasteiger partial charge in [-0.15, -0.1) is 0 Å². The first-order chi connectivity index (χ1) is 18.2. The Hall–Kier alpha value is -2.84. The van der Waals surface area contributed by atoms with E-state index in [1.165, 1.54) is 95.2 Å². The molecule has 37 heavy (non-hydrogen) atoms. The molecular formula is C35H38BrN. The standard InChI is InChI=1S/C35H38BrN/c1-3-5-13-23-35(24-14-6-4-2)33-25-27(36)19-21-31(33)32-22-20-30(26-34(32)35)37(28-15-9-7-10-16-28)29-17-11-8-12-18-29/h7-12,15-22,25-26H,3-6,13-14,23-24H2,1-2H3. The highest BCUT2D eigenvalue weighted by molar-refractivity contribution is 9.10. The Morgan fingerprint density at radius 2 is 1.08 bits per heavy atom. The summed E-state index contributed by atoms with van der Waals surface area (Å²) in [6, 6.07) is 35.7. The molecule has 0 radical (unpaired) electrons. The molecule has 0 N–H and O–H groups in total. The predicted octanol–water partition coefficient (Wildman–Crippen LogP) is 11.3. The van der Waals surface area contributed by atoms with Crippen LogP contribution in [0.2, 0.25) is 0 Å². The molecule has 2 heteroatoms. The minimum absolute atomic E-state index is 0.0633. The summed E-state index contributed by atoms with van der Waals surface area (Å²) < 4.78 is 1.19. The maximum Gasteiger partial charge on any atom is 0.0465 e. The third kappa shape index (κ3) is 5.14. The van der Waals surface area contributed by atoms with Crippen molar-refractivity contribution in [2.45, 2.75) is 70.6 Å². The average Bonchev–Trinajstić information content (AvgIpc) is 3.19. The molecule has 1 aliphatic rings. The van der Waals surface area contributed by atoms with Gasteiger partial charge in [-0.3, -0.25) is 0 Å². The predicted molar refractivity (Wildman–Crippen MR) is 163 cm³/mol. The van der Waals surface area contributed by atoms with E-state index in [1.807, 2.05) is 0 Å². The normalized spacial score (nSPS) is 13.3. The van der Waals surface area contributed by atoms with Gasteiger partial charge in [-0.25, -0.2) is 0 Å². The van der Waals surface area contributed by atoms with Crippen LogP contribution in [-0.4, -0.2) is 0 Å². The van der Waals surface area contributed by atoms with E-state index in [4.69, 9.17) is 0 Å². The van der Waals surface area contributed by atoms with Gasteiger partial charge in [0.2, 0.25) is 0 Å². The summed E-state index contributed by atoms with van der Waals surface area (Å²) in [5.41, 5.74) is 9.55. The SMILES string of the molecule is CCCCCC1(CCCCC)c2cc(Br)ccc2-c2ccc(N(c3ccccc3)c3ccccc3)cc21. The van der Waals surface area contributed by atoms with Crippen LogP contribution in [0.4, 0.5) is 17.1 Å². The zero-order valence-corrected chi connectivity index (χ0v) is 23.8. The fourth-order valence-corrected chi connectivity index (χ4v) is 6.57. The lowest BCUT2D eigenvalue weighted by atomic mass is 9.70. The highest BCUT2D eigenvalue weighted by Crippen LogP contribution is 2.56. The molecule has 0 amide bonds. The monoisotopic (exact) mass is 551 g/mol. The molecule has 0 bridgehead atoms. The number of unbranched alkanes of at least 4 members (excludes halogenated alkanes) is 4. The largest absolute Gasteiger partial charge is 0.310 e. The number of nitrogens with zero attached hydrogens (tertiary/aromatic N) is 1. The molecule has 0 unspecified atom stereocenters. The summed E-state index contributed by atoms with van der Waals surface area (Å²) in [7, 11) is 0. The van der Waals surface area contributed by atoms with Crippen molar-refractivity contribution in [3.05, 3.63) is 113 Å². The fraction of sp³-hybridized carbons (Fsp3) is 0.314. The summed E-state index contributed by atoms with van der Waals surface area (Å²) in [6.45, 7) is 4.62. The van der Waals surface area contributed by atoms with E-state index in [-0.39, 0.29) is 5.41 Å². The third-order valence-electron chi connectivity index (χ3n) is 8.01. The van der Waals surface area contributed by atoms with Crippen molar-refractivity contribution < 1.29 is 0 Å². The highest BCUT2D eigenvalue weighted by Gasteiger charge is 2.42. The molecule has 0 spiro atoms. The van der Waals surface area contributed by atoms with Crippen LogP contribution >= 0.6 is 15.9 Å². The second-order valence-electron chi connectivity index (χ2n) is 10.4. The number of fused-ring (bicyclic) bond motifs is 3.